The molecule has 2 aliphatic rings. The van der Waals surface area contributed by atoms with Gasteiger partial charge in [0.25, 0.3) is 0 Å². The summed E-state index contributed by atoms with van der Waals surface area (Å²) in [6, 6.07) is 6.47. The zero-order chi connectivity index (χ0) is 36.4. The normalized spacial score (nSPS) is 16.5. The molecule has 15 nitrogen and oxygen atoms in total. The third-order valence-electron chi connectivity index (χ3n) is 7.20. The smallest absolute Gasteiger partial charge is 0.408 e. The van der Waals surface area contributed by atoms with Crippen LogP contribution in [0.15, 0.2) is 53.2 Å². The molecule has 3 aromatic rings. The number of hydrogen-bond acceptors (Lipinski definition) is 11. The van der Waals surface area contributed by atoms with Gasteiger partial charge in [-0.2, -0.15) is 4.39 Å². The van der Waals surface area contributed by atoms with Crippen LogP contribution in [0.1, 0.15) is 44.7 Å². The Morgan fingerprint density at radius 3 is 2.14 bits per heavy atom. The Balaban J connectivity index is 0.000000226. The number of halogens is 2. The Bertz CT molecular complexity index is 1720. The second-order valence-electron chi connectivity index (χ2n) is 12.5. The maximum atomic E-state index is 13.0. The Morgan fingerprint density at radius 2 is 1.54 bits per heavy atom. The molecular formula is C33H39ClFN7O8. The first-order valence-corrected chi connectivity index (χ1v) is 15.9. The third kappa shape index (κ3) is 11.1. The van der Waals surface area contributed by atoms with E-state index in [0.29, 0.717) is 52.2 Å². The quantitative estimate of drug-likeness (QED) is 0.206. The molecular weight excluding hydrogens is 677 g/mol. The van der Waals surface area contributed by atoms with Gasteiger partial charge < -0.3 is 34.7 Å². The lowest BCUT2D eigenvalue weighted by atomic mass is 10.1. The van der Waals surface area contributed by atoms with E-state index in [9.17, 15) is 19.1 Å². The van der Waals surface area contributed by atoms with Gasteiger partial charge in [-0.1, -0.05) is 21.9 Å². The molecule has 5 rings (SSSR count). The standard InChI is InChI=1S/C17H17FN4O4.C16H22ClN3O4/c1-10-4-14(16(20-6-10)11-2-3-15(18)19-7-11)25-9-13-5-12(22-26-13)8-21-17(23)24;1-10-5-13(14(17)18-7-10)23-9-12-6-11(19-24-12)8-20(15(21)22)16(2,3)4/h2-4,6-7,13,21H,5,8-9H2,1H3,(H,23,24);5,7,12H,6,8-9H2,1-4H3,(H,21,22). The van der Waals surface area contributed by atoms with E-state index in [2.05, 4.69) is 30.6 Å². The minimum Gasteiger partial charge on any atom is -0.487 e. The lowest BCUT2D eigenvalue weighted by molar-refractivity contribution is 0.0469. The van der Waals surface area contributed by atoms with Crippen molar-refractivity contribution >= 4 is 35.2 Å². The number of carboxylic acid groups (broad SMARTS) is 2. The van der Waals surface area contributed by atoms with Crippen LogP contribution in [0.3, 0.4) is 0 Å². The first-order chi connectivity index (χ1) is 23.7. The van der Waals surface area contributed by atoms with Crippen molar-refractivity contribution in [3.63, 3.8) is 0 Å². The monoisotopic (exact) mass is 715 g/mol. The summed E-state index contributed by atoms with van der Waals surface area (Å²) in [4.78, 5) is 45.8. The minimum absolute atomic E-state index is 0.115. The van der Waals surface area contributed by atoms with E-state index in [1.807, 2.05) is 40.7 Å². The van der Waals surface area contributed by atoms with Crippen LogP contribution in [0.4, 0.5) is 14.0 Å². The van der Waals surface area contributed by atoms with Crippen LogP contribution < -0.4 is 14.8 Å². The number of pyridine rings is 3. The molecule has 2 unspecified atom stereocenters. The van der Waals surface area contributed by atoms with Gasteiger partial charge in [-0.05, 0) is 70.0 Å². The topological polar surface area (TPSA) is 190 Å². The van der Waals surface area contributed by atoms with Crippen LogP contribution in [0.5, 0.6) is 11.5 Å². The minimum atomic E-state index is -1.12. The molecule has 50 heavy (non-hydrogen) atoms. The van der Waals surface area contributed by atoms with Gasteiger partial charge in [0.1, 0.15) is 24.7 Å². The highest BCUT2D eigenvalue weighted by Crippen LogP contribution is 2.29. The predicted molar refractivity (Wildman–Crippen MR) is 181 cm³/mol. The number of oxime groups is 2. The summed E-state index contributed by atoms with van der Waals surface area (Å²) in [5, 5.41) is 28.3. The van der Waals surface area contributed by atoms with E-state index in [0.717, 1.165) is 11.1 Å². The Kier molecular flexibility index (Phi) is 12.7. The average Bonchev–Trinajstić information content (AvgIpc) is 3.71. The summed E-state index contributed by atoms with van der Waals surface area (Å²) < 4.78 is 24.5. The van der Waals surface area contributed by atoms with Gasteiger partial charge in [0.15, 0.2) is 23.1 Å². The van der Waals surface area contributed by atoms with Gasteiger partial charge in [0.2, 0.25) is 5.95 Å². The van der Waals surface area contributed by atoms with Crippen molar-refractivity contribution in [2.24, 2.45) is 10.3 Å². The van der Waals surface area contributed by atoms with Crippen LogP contribution >= 0.6 is 11.6 Å². The largest absolute Gasteiger partial charge is 0.487 e. The Morgan fingerprint density at radius 1 is 0.940 bits per heavy atom. The molecule has 17 heteroatoms. The van der Waals surface area contributed by atoms with Gasteiger partial charge in [-0.3, -0.25) is 9.88 Å². The molecule has 2 amide bonds. The molecule has 2 aliphatic heterocycles. The zero-order valence-corrected chi connectivity index (χ0v) is 29.0. The molecule has 268 valence electrons. The molecule has 3 aromatic heterocycles. The van der Waals surface area contributed by atoms with Gasteiger partial charge >= 0.3 is 12.2 Å². The molecule has 0 spiro atoms. The Hall–Kier alpha value is -5.25. The van der Waals surface area contributed by atoms with E-state index >= 15 is 0 Å². The van der Waals surface area contributed by atoms with Crippen LogP contribution in [-0.4, -0.2) is 97.7 Å². The predicted octanol–water partition coefficient (Wildman–Crippen LogP) is 5.73. The molecule has 0 saturated carbocycles. The highest BCUT2D eigenvalue weighted by molar-refractivity contribution is 6.30. The van der Waals surface area contributed by atoms with Crippen molar-refractivity contribution < 1.29 is 43.3 Å². The summed E-state index contributed by atoms with van der Waals surface area (Å²) in [7, 11) is 0. The van der Waals surface area contributed by atoms with Crippen LogP contribution in [0.2, 0.25) is 5.15 Å². The van der Waals surface area contributed by atoms with Crippen molar-refractivity contribution in [3.8, 4) is 22.8 Å². The van der Waals surface area contributed by atoms with E-state index in [1.54, 1.807) is 24.5 Å². The molecule has 2 atom stereocenters. The van der Waals surface area contributed by atoms with Crippen LogP contribution in [0, 0.1) is 19.8 Å². The van der Waals surface area contributed by atoms with Gasteiger partial charge in [0.05, 0.1) is 24.5 Å². The average molecular weight is 716 g/mol. The summed E-state index contributed by atoms with van der Waals surface area (Å²) >= 11 is 5.99. The number of nitrogens with one attached hydrogen (secondary N) is 1. The van der Waals surface area contributed by atoms with Gasteiger partial charge in [-0.25, -0.2) is 19.6 Å². The fourth-order valence-electron chi connectivity index (χ4n) is 4.68. The van der Waals surface area contributed by atoms with Crippen molar-refractivity contribution in [3.05, 3.63) is 65.1 Å². The van der Waals surface area contributed by atoms with E-state index < -0.39 is 23.7 Å². The molecule has 0 fully saturated rings. The van der Waals surface area contributed by atoms with E-state index in [-0.39, 0.29) is 38.5 Å². The first-order valence-electron chi connectivity index (χ1n) is 15.5. The number of nitrogens with zero attached hydrogens (tertiary/aromatic N) is 6. The number of amides is 2. The zero-order valence-electron chi connectivity index (χ0n) is 28.2. The number of carbonyl (C=O) groups is 2. The second-order valence-corrected chi connectivity index (χ2v) is 12.9. The van der Waals surface area contributed by atoms with Crippen LogP contribution in [0.25, 0.3) is 11.3 Å². The maximum absolute atomic E-state index is 13.0. The molecule has 0 saturated heterocycles. The van der Waals surface area contributed by atoms with Crippen molar-refractivity contribution in [2.45, 2.75) is 65.2 Å². The molecule has 0 aliphatic carbocycles. The fraction of sp³-hybridized carbons (Fsp3) is 0.424. The number of rotatable bonds is 11. The van der Waals surface area contributed by atoms with Crippen molar-refractivity contribution in [1.82, 2.24) is 25.2 Å². The Labute approximate surface area is 293 Å². The van der Waals surface area contributed by atoms with Crippen LogP contribution in [-0.2, 0) is 9.68 Å². The summed E-state index contributed by atoms with van der Waals surface area (Å²) in [5.41, 5.74) is 3.81. The summed E-state index contributed by atoms with van der Waals surface area (Å²) in [5.74, 6) is 0.456. The highest BCUT2D eigenvalue weighted by Gasteiger charge is 2.31. The molecule has 0 aromatic carbocycles. The number of aryl methyl sites for hydroxylation is 2. The lowest BCUT2D eigenvalue weighted by Gasteiger charge is -2.32. The summed E-state index contributed by atoms with van der Waals surface area (Å²) in [6.45, 7) is 10.1. The third-order valence-corrected chi connectivity index (χ3v) is 7.48. The number of hydrogen-bond donors (Lipinski definition) is 3. The van der Waals surface area contributed by atoms with Gasteiger partial charge in [-0.15, -0.1) is 0 Å². The maximum Gasteiger partial charge on any atom is 0.408 e. The highest BCUT2D eigenvalue weighted by atomic mass is 35.5. The molecule has 5 heterocycles. The fourth-order valence-corrected chi connectivity index (χ4v) is 4.84. The first kappa shape index (κ1) is 37.6. The molecule has 0 bridgehead atoms. The summed E-state index contributed by atoms with van der Waals surface area (Å²) in [6.07, 6.45) is 3.03. The molecule has 0 radical (unpaired) electrons. The van der Waals surface area contributed by atoms with E-state index in [4.69, 9.17) is 35.9 Å². The molecule has 3 N–H and O–H groups in total. The van der Waals surface area contributed by atoms with E-state index in [1.165, 1.54) is 17.2 Å². The SMILES string of the molecule is Cc1cnc(-c2ccc(F)nc2)c(OCC2CC(CNC(=O)O)=NO2)c1.Cc1cnc(Cl)c(OCC2CC(CN(C(=O)O)C(C)(C)C)=NO2)c1. The van der Waals surface area contributed by atoms with Crippen molar-refractivity contribution in [1.29, 1.82) is 0 Å². The second kappa shape index (κ2) is 16.9. The number of aromatic nitrogens is 3. The lowest BCUT2D eigenvalue weighted by Crippen LogP contribution is -2.47. The number of ether oxygens (including phenoxy) is 2. The van der Waals surface area contributed by atoms with Crippen molar-refractivity contribution in [2.75, 3.05) is 26.3 Å². The van der Waals surface area contributed by atoms with Gasteiger partial charge in [0, 0.05) is 42.5 Å².